The number of benzene rings is 1. The maximum Gasteiger partial charge on any atom is 0.0704 e. The van der Waals surface area contributed by atoms with Gasteiger partial charge in [-0.05, 0) is 17.7 Å². The van der Waals surface area contributed by atoms with E-state index in [9.17, 15) is 0 Å². The van der Waals surface area contributed by atoms with E-state index >= 15 is 0 Å². The monoisotopic (exact) mass is 187 g/mol. The third kappa shape index (κ3) is 1.49. The highest BCUT2D eigenvalue weighted by Gasteiger charge is 2.07. The zero-order valence-electron chi connectivity index (χ0n) is 8.14. The quantitative estimate of drug-likeness (QED) is 0.782. The van der Waals surface area contributed by atoms with Crippen molar-refractivity contribution in [2.45, 2.75) is 12.8 Å². The fraction of sp³-hybridized carbons (Fsp3) is 0.250. The average Bonchev–Trinajstić information content (AvgIpc) is 2.27. The first-order valence-corrected chi connectivity index (χ1v) is 4.77. The largest absolute Gasteiger partial charge is 0.396 e. The average molecular weight is 187 g/mol. The van der Waals surface area contributed by atoms with Crippen molar-refractivity contribution in [3.63, 3.8) is 0 Å². The van der Waals surface area contributed by atoms with Crippen molar-refractivity contribution in [3.8, 4) is 0 Å². The number of nitrogens with zero attached hydrogens (tertiary/aromatic N) is 1. The molecule has 14 heavy (non-hydrogen) atoms. The summed E-state index contributed by atoms with van der Waals surface area (Å²) in [6.07, 6.45) is 1.79. The summed E-state index contributed by atoms with van der Waals surface area (Å²) in [5.41, 5.74) is 2.16. The summed E-state index contributed by atoms with van der Waals surface area (Å²) in [6, 6.07) is 9.99. The van der Waals surface area contributed by atoms with E-state index < -0.39 is 0 Å². The molecule has 2 nitrogen and oxygen atoms in total. The van der Waals surface area contributed by atoms with Crippen LogP contribution in [0.3, 0.4) is 0 Å². The normalized spacial score (nSPS) is 13.0. The molecule has 0 aliphatic heterocycles. The summed E-state index contributed by atoms with van der Waals surface area (Å²) in [6.45, 7) is 2.19. The highest BCUT2D eigenvalue weighted by molar-refractivity contribution is 5.82. The Bertz CT molecular complexity index is 434. The predicted octanol–water partition coefficient (Wildman–Crippen LogP) is 2.33. The van der Waals surface area contributed by atoms with Gasteiger partial charge in [0.1, 0.15) is 0 Å². The number of hydrogen-bond donors (Lipinski definition) is 1. The molecular weight excluding hydrogens is 174 g/mol. The summed E-state index contributed by atoms with van der Waals surface area (Å²) in [7, 11) is 0. The van der Waals surface area contributed by atoms with Gasteiger partial charge in [0, 0.05) is 24.1 Å². The maximum absolute atomic E-state index is 9.13. The Kier molecular flexibility index (Phi) is 2.46. The van der Waals surface area contributed by atoms with E-state index in [2.05, 4.69) is 4.98 Å². The van der Waals surface area contributed by atoms with E-state index in [4.69, 9.17) is 5.11 Å². The smallest absolute Gasteiger partial charge is 0.0704 e. The van der Waals surface area contributed by atoms with Crippen LogP contribution in [-0.4, -0.2) is 16.7 Å². The number of pyridine rings is 1. The van der Waals surface area contributed by atoms with E-state index in [-0.39, 0.29) is 12.5 Å². The van der Waals surface area contributed by atoms with E-state index in [0.29, 0.717) is 0 Å². The Morgan fingerprint density at radius 2 is 2.14 bits per heavy atom. The molecule has 2 aromatic rings. The minimum Gasteiger partial charge on any atom is -0.396 e. The second-order valence-corrected chi connectivity index (χ2v) is 3.50. The van der Waals surface area contributed by atoms with Crippen molar-refractivity contribution in [2.75, 3.05) is 6.61 Å². The molecule has 0 aliphatic rings. The van der Waals surface area contributed by atoms with Crippen molar-refractivity contribution in [3.05, 3.63) is 42.1 Å². The van der Waals surface area contributed by atoms with Crippen LogP contribution in [0.15, 0.2) is 36.5 Å². The van der Waals surface area contributed by atoms with Crippen LogP contribution in [0, 0.1) is 0 Å². The van der Waals surface area contributed by atoms with Gasteiger partial charge in [-0.2, -0.15) is 0 Å². The van der Waals surface area contributed by atoms with Crippen LogP contribution in [0.5, 0.6) is 0 Å². The van der Waals surface area contributed by atoms with Gasteiger partial charge in [-0.25, -0.2) is 0 Å². The molecule has 0 saturated heterocycles. The lowest BCUT2D eigenvalue weighted by atomic mass is 9.97. The standard InChI is InChI=1S/C12H13NO/c1-9(8-14)10-4-2-6-12-11(10)5-3-7-13-12/h2-7,9,14H,8H2,1H3/t9-/m1/s1. The molecule has 0 aliphatic carbocycles. The SMILES string of the molecule is C[C@H](CO)c1cccc2ncccc12. The molecule has 1 aromatic heterocycles. The number of aliphatic hydroxyl groups excluding tert-OH is 1. The zero-order valence-corrected chi connectivity index (χ0v) is 8.14. The van der Waals surface area contributed by atoms with Crippen LogP contribution in [0.2, 0.25) is 0 Å². The van der Waals surface area contributed by atoms with Crippen LogP contribution < -0.4 is 0 Å². The fourth-order valence-corrected chi connectivity index (χ4v) is 1.66. The lowest BCUT2D eigenvalue weighted by molar-refractivity contribution is 0.273. The first-order valence-electron chi connectivity index (χ1n) is 4.77. The van der Waals surface area contributed by atoms with Crippen molar-refractivity contribution in [2.24, 2.45) is 0 Å². The van der Waals surface area contributed by atoms with E-state index in [1.165, 1.54) is 0 Å². The van der Waals surface area contributed by atoms with Crippen molar-refractivity contribution in [1.82, 2.24) is 4.98 Å². The van der Waals surface area contributed by atoms with Crippen LogP contribution >= 0.6 is 0 Å². The minimum absolute atomic E-state index is 0.169. The van der Waals surface area contributed by atoms with Crippen LogP contribution in [0.4, 0.5) is 0 Å². The molecule has 0 unspecified atom stereocenters. The van der Waals surface area contributed by atoms with Crippen molar-refractivity contribution < 1.29 is 5.11 Å². The van der Waals surface area contributed by atoms with Crippen molar-refractivity contribution >= 4 is 10.9 Å². The Hall–Kier alpha value is -1.41. The Morgan fingerprint density at radius 1 is 1.29 bits per heavy atom. The van der Waals surface area contributed by atoms with Crippen LogP contribution in [-0.2, 0) is 0 Å². The highest BCUT2D eigenvalue weighted by Crippen LogP contribution is 2.23. The van der Waals surface area contributed by atoms with Gasteiger partial charge < -0.3 is 5.11 Å². The van der Waals surface area contributed by atoms with Crippen LogP contribution in [0.25, 0.3) is 10.9 Å². The molecule has 0 amide bonds. The Morgan fingerprint density at radius 3 is 2.93 bits per heavy atom. The fourth-order valence-electron chi connectivity index (χ4n) is 1.66. The summed E-state index contributed by atoms with van der Waals surface area (Å²) in [4.78, 5) is 4.28. The van der Waals surface area contributed by atoms with Gasteiger partial charge in [0.25, 0.3) is 0 Å². The van der Waals surface area contributed by atoms with Gasteiger partial charge in [0.2, 0.25) is 0 Å². The van der Waals surface area contributed by atoms with E-state index in [1.807, 2.05) is 37.3 Å². The first kappa shape index (κ1) is 9.16. The summed E-state index contributed by atoms with van der Waals surface area (Å²) in [5.74, 6) is 0.169. The second-order valence-electron chi connectivity index (χ2n) is 3.50. The van der Waals surface area contributed by atoms with Gasteiger partial charge >= 0.3 is 0 Å². The molecule has 0 fully saturated rings. The molecule has 1 heterocycles. The van der Waals surface area contributed by atoms with Gasteiger partial charge in [0.15, 0.2) is 0 Å². The molecule has 1 aromatic carbocycles. The molecular formula is C12H13NO. The van der Waals surface area contributed by atoms with E-state index in [0.717, 1.165) is 16.5 Å². The number of hydrogen-bond acceptors (Lipinski definition) is 2. The molecule has 0 spiro atoms. The van der Waals surface area contributed by atoms with Gasteiger partial charge in [-0.15, -0.1) is 0 Å². The maximum atomic E-state index is 9.13. The Labute approximate surface area is 83.2 Å². The van der Waals surface area contributed by atoms with Gasteiger partial charge in [0.05, 0.1) is 5.52 Å². The molecule has 0 bridgehead atoms. The lowest BCUT2D eigenvalue weighted by Gasteiger charge is -2.10. The molecule has 2 heteroatoms. The van der Waals surface area contributed by atoms with E-state index in [1.54, 1.807) is 6.20 Å². The third-order valence-corrected chi connectivity index (χ3v) is 2.48. The lowest BCUT2D eigenvalue weighted by Crippen LogP contribution is -1.99. The minimum atomic E-state index is 0.169. The zero-order chi connectivity index (χ0) is 9.97. The molecule has 1 N–H and O–H groups in total. The van der Waals surface area contributed by atoms with Gasteiger partial charge in [-0.3, -0.25) is 4.98 Å². The number of fused-ring (bicyclic) bond motifs is 1. The molecule has 1 atom stereocenters. The van der Waals surface area contributed by atoms with Gasteiger partial charge in [-0.1, -0.05) is 25.1 Å². The number of rotatable bonds is 2. The predicted molar refractivity (Wildman–Crippen MR) is 57.2 cm³/mol. The summed E-state index contributed by atoms with van der Waals surface area (Å²) >= 11 is 0. The highest BCUT2D eigenvalue weighted by atomic mass is 16.3. The third-order valence-electron chi connectivity index (χ3n) is 2.48. The second kappa shape index (κ2) is 3.76. The molecule has 0 radical (unpaired) electrons. The number of aromatic nitrogens is 1. The summed E-state index contributed by atoms with van der Waals surface area (Å²) < 4.78 is 0. The van der Waals surface area contributed by atoms with Crippen molar-refractivity contribution in [1.29, 1.82) is 0 Å². The molecule has 72 valence electrons. The molecule has 0 saturated carbocycles. The molecule has 2 rings (SSSR count). The van der Waals surface area contributed by atoms with Crippen LogP contribution in [0.1, 0.15) is 18.4 Å². The Balaban J connectivity index is 2.65. The first-order chi connectivity index (χ1) is 6.83. The summed E-state index contributed by atoms with van der Waals surface area (Å²) in [5, 5.41) is 10.3. The topological polar surface area (TPSA) is 33.1 Å². The number of aliphatic hydroxyl groups is 1.